The fourth-order valence-corrected chi connectivity index (χ4v) is 6.65. The standard InChI is InChI=1S/C29H28FN3O6/c1-4-29(38)17-9-20-23-15(11-33(20)24(34)16(17)12-39-26(29)36)22-21-14(13(2)18(30)10-19(21)31-23)5-6-27(22,3)32-25(35)28(37)7-8-28/h9-10,37-38H,4-8,11-12H2,1-3H3,(H,32,35)/t27-,29-/m0/s1. The number of aliphatic hydroxyl groups is 2. The lowest BCUT2D eigenvalue weighted by Gasteiger charge is -2.39. The number of fused-ring (bicyclic) bond motifs is 5. The number of esters is 1. The fraction of sp³-hybridized carbons (Fsp3) is 0.448. The summed E-state index contributed by atoms with van der Waals surface area (Å²) in [6.45, 7) is 5.17. The molecular weight excluding hydrogens is 505 g/mol. The van der Waals surface area contributed by atoms with Crippen LogP contribution in [0, 0.1) is 12.7 Å². The van der Waals surface area contributed by atoms with Crippen LogP contribution in [-0.2, 0) is 45.0 Å². The zero-order valence-electron chi connectivity index (χ0n) is 21.9. The summed E-state index contributed by atoms with van der Waals surface area (Å²) in [6.07, 6.45) is 1.79. The van der Waals surface area contributed by atoms with Crippen LogP contribution in [0.15, 0.2) is 16.9 Å². The van der Waals surface area contributed by atoms with Crippen LogP contribution in [0.5, 0.6) is 0 Å². The molecule has 1 saturated carbocycles. The summed E-state index contributed by atoms with van der Waals surface area (Å²) in [7, 11) is 0. The number of carbonyl (C=O) groups excluding carboxylic acids is 2. The van der Waals surface area contributed by atoms with Crippen molar-refractivity contribution in [2.75, 3.05) is 0 Å². The van der Waals surface area contributed by atoms with Crippen molar-refractivity contribution in [2.24, 2.45) is 0 Å². The summed E-state index contributed by atoms with van der Waals surface area (Å²) in [5.74, 6) is -1.64. The minimum atomic E-state index is -1.96. The number of benzene rings is 1. The average molecular weight is 534 g/mol. The molecule has 9 nitrogen and oxygen atoms in total. The van der Waals surface area contributed by atoms with Crippen molar-refractivity contribution < 1.29 is 28.9 Å². The Labute approximate surface area is 222 Å². The number of nitrogens with zero attached hydrogens (tertiary/aromatic N) is 2. The molecular formula is C29H28FN3O6. The first-order valence-electron chi connectivity index (χ1n) is 13.3. The second-order valence-electron chi connectivity index (χ2n) is 11.6. The normalized spacial score (nSPS) is 25.5. The zero-order valence-corrected chi connectivity index (χ0v) is 21.9. The Bertz CT molecular complexity index is 1740. The molecule has 3 aromatic rings. The highest BCUT2D eigenvalue weighted by molar-refractivity contribution is 5.95. The number of nitrogens with one attached hydrogen (secondary N) is 1. The van der Waals surface area contributed by atoms with Crippen LogP contribution in [0.2, 0.25) is 0 Å². The second-order valence-corrected chi connectivity index (χ2v) is 11.6. The summed E-state index contributed by atoms with van der Waals surface area (Å²) in [5, 5.41) is 25.5. The van der Waals surface area contributed by atoms with Crippen molar-refractivity contribution in [3.8, 4) is 11.4 Å². The Morgan fingerprint density at radius 1 is 1.18 bits per heavy atom. The zero-order chi connectivity index (χ0) is 27.6. The number of aromatic nitrogens is 2. The Hall–Kier alpha value is -3.63. The molecule has 0 saturated heterocycles. The van der Waals surface area contributed by atoms with Crippen molar-refractivity contribution in [2.45, 2.75) is 82.8 Å². The maximum Gasteiger partial charge on any atom is 0.343 e. The highest BCUT2D eigenvalue weighted by Gasteiger charge is 2.51. The van der Waals surface area contributed by atoms with Gasteiger partial charge in [-0.1, -0.05) is 6.92 Å². The third-order valence-corrected chi connectivity index (χ3v) is 9.27. The van der Waals surface area contributed by atoms with E-state index in [2.05, 4.69) is 5.32 Å². The molecule has 0 unspecified atom stereocenters. The lowest BCUT2D eigenvalue weighted by atomic mass is 9.74. The van der Waals surface area contributed by atoms with Crippen LogP contribution in [0.3, 0.4) is 0 Å². The molecule has 202 valence electrons. The van der Waals surface area contributed by atoms with Crippen LogP contribution in [-0.4, -0.2) is 37.2 Å². The summed E-state index contributed by atoms with van der Waals surface area (Å²) < 4.78 is 21.8. The van der Waals surface area contributed by atoms with Gasteiger partial charge in [-0.05, 0) is 68.7 Å². The van der Waals surface area contributed by atoms with Gasteiger partial charge in [-0.3, -0.25) is 9.59 Å². The van der Waals surface area contributed by atoms with Gasteiger partial charge in [-0.25, -0.2) is 14.2 Å². The highest BCUT2D eigenvalue weighted by atomic mass is 19.1. The van der Waals surface area contributed by atoms with Gasteiger partial charge < -0.3 is 24.8 Å². The van der Waals surface area contributed by atoms with E-state index in [9.17, 15) is 24.6 Å². The van der Waals surface area contributed by atoms with E-state index >= 15 is 4.39 Å². The summed E-state index contributed by atoms with van der Waals surface area (Å²) in [5.41, 5.74) is -0.187. The van der Waals surface area contributed by atoms with Crippen molar-refractivity contribution in [3.05, 3.63) is 61.7 Å². The molecule has 0 radical (unpaired) electrons. The quantitative estimate of drug-likeness (QED) is 0.345. The lowest BCUT2D eigenvalue weighted by Crippen LogP contribution is -2.50. The van der Waals surface area contributed by atoms with Crippen LogP contribution < -0.4 is 10.9 Å². The Morgan fingerprint density at radius 2 is 1.92 bits per heavy atom. The van der Waals surface area contributed by atoms with Crippen LogP contribution in [0.25, 0.3) is 22.3 Å². The second kappa shape index (κ2) is 7.51. The predicted octanol–water partition coefficient (Wildman–Crippen LogP) is 2.33. The van der Waals surface area contributed by atoms with E-state index in [1.54, 1.807) is 19.9 Å². The van der Waals surface area contributed by atoms with E-state index in [0.717, 1.165) is 16.5 Å². The molecule has 2 aliphatic carbocycles. The molecule has 1 aromatic carbocycles. The first kappa shape index (κ1) is 24.4. The number of aryl methyl sites for hydroxylation is 1. The first-order valence-corrected chi connectivity index (χ1v) is 13.3. The number of pyridine rings is 2. The van der Waals surface area contributed by atoms with Gasteiger partial charge in [0.1, 0.15) is 18.0 Å². The minimum absolute atomic E-state index is 0.0197. The number of rotatable bonds is 3. The number of halogens is 1. The summed E-state index contributed by atoms with van der Waals surface area (Å²) in [6, 6.07) is 2.99. The largest absolute Gasteiger partial charge is 0.458 e. The SMILES string of the molecule is CC[C@@]1(O)C(=O)OCc2c1cc1n(c2=O)Cc2c-1nc1cc(F)c(C)c3c1c2[C@@](C)(NC(=O)C1(O)CC1)CC3. The third-order valence-electron chi connectivity index (χ3n) is 9.27. The van der Waals surface area contributed by atoms with Gasteiger partial charge >= 0.3 is 5.97 Å². The maximum absolute atomic E-state index is 15.1. The molecule has 2 aliphatic heterocycles. The number of carbonyl (C=O) groups is 2. The predicted molar refractivity (Wildman–Crippen MR) is 137 cm³/mol. The average Bonchev–Trinajstić information content (AvgIpc) is 3.56. The molecule has 0 spiro atoms. The molecule has 1 fully saturated rings. The van der Waals surface area contributed by atoms with Gasteiger partial charge in [0.05, 0.1) is 34.6 Å². The number of ether oxygens (including phenoxy) is 1. The van der Waals surface area contributed by atoms with E-state index in [1.807, 2.05) is 6.92 Å². The van der Waals surface area contributed by atoms with Crippen LogP contribution >= 0.6 is 0 Å². The molecule has 4 aliphatic rings. The molecule has 3 N–H and O–H groups in total. The first-order chi connectivity index (χ1) is 18.4. The summed E-state index contributed by atoms with van der Waals surface area (Å²) in [4.78, 5) is 44.1. The highest BCUT2D eigenvalue weighted by Crippen LogP contribution is 2.48. The fourth-order valence-electron chi connectivity index (χ4n) is 6.65. The van der Waals surface area contributed by atoms with Crippen molar-refractivity contribution in [1.29, 1.82) is 0 Å². The van der Waals surface area contributed by atoms with Gasteiger partial charge in [0.25, 0.3) is 11.5 Å². The third kappa shape index (κ3) is 3.07. The van der Waals surface area contributed by atoms with E-state index in [0.29, 0.717) is 53.7 Å². The smallest absolute Gasteiger partial charge is 0.343 e. The number of cyclic esters (lactones) is 1. The van der Waals surface area contributed by atoms with Gasteiger partial charge in [0.15, 0.2) is 5.60 Å². The Kier molecular flexibility index (Phi) is 4.70. The van der Waals surface area contributed by atoms with Crippen LogP contribution in [0.1, 0.15) is 72.9 Å². The number of hydrogen-bond acceptors (Lipinski definition) is 7. The van der Waals surface area contributed by atoms with Crippen molar-refractivity contribution in [3.63, 3.8) is 0 Å². The van der Waals surface area contributed by atoms with E-state index < -0.39 is 34.2 Å². The van der Waals surface area contributed by atoms with Gasteiger partial charge in [-0.15, -0.1) is 0 Å². The molecule has 2 aromatic heterocycles. The molecule has 4 heterocycles. The lowest BCUT2D eigenvalue weighted by molar-refractivity contribution is -0.172. The van der Waals surface area contributed by atoms with Crippen molar-refractivity contribution >= 4 is 22.8 Å². The molecule has 2 atom stereocenters. The van der Waals surface area contributed by atoms with E-state index in [1.165, 1.54) is 10.6 Å². The molecule has 39 heavy (non-hydrogen) atoms. The van der Waals surface area contributed by atoms with E-state index in [-0.39, 0.29) is 36.5 Å². The Morgan fingerprint density at radius 3 is 2.62 bits per heavy atom. The number of amides is 1. The number of hydrogen-bond donors (Lipinski definition) is 3. The van der Waals surface area contributed by atoms with Gasteiger partial charge in [0, 0.05) is 22.6 Å². The monoisotopic (exact) mass is 533 g/mol. The molecule has 1 amide bonds. The summed E-state index contributed by atoms with van der Waals surface area (Å²) >= 11 is 0. The maximum atomic E-state index is 15.1. The van der Waals surface area contributed by atoms with Crippen LogP contribution in [0.4, 0.5) is 4.39 Å². The van der Waals surface area contributed by atoms with Gasteiger partial charge in [-0.2, -0.15) is 0 Å². The Balaban J connectivity index is 1.52. The topological polar surface area (TPSA) is 131 Å². The van der Waals surface area contributed by atoms with Gasteiger partial charge in [0.2, 0.25) is 0 Å². The molecule has 10 heteroatoms. The van der Waals surface area contributed by atoms with E-state index in [4.69, 9.17) is 9.72 Å². The minimum Gasteiger partial charge on any atom is -0.458 e. The molecule has 0 bridgehead atoms. The van der Waals surface area contributed by atoms with Crippen molar-refractivity contribution in [1.82, 2.24) is 14.9 Å². The molecule has 7 rings (SSSR count).